The Kier molecular flexibility index (Phi) is 4.94. The van der Waals surface area contributed by atoms with Gasteiger partial charge in [0.2, 0.25) is 21.8 Å². The number of rotatable bonds is 4. The molecule has 22 heavy (non-hydrogen) atoms. The van der Waals surface area contributed by atoms with E-state index in [1.807, 2.05) is 0 Å². The molecule has 0 atom stereocenters. The van der Waals surface area contributed by atoms with Gasteiger partial charge in [0.05, 0.1) is 11.4 Å². The average Bonchev–Trinajstić information content (AvgIpc) is 2.53. The molecule has 1 aliphatic rings. The van der Waals surface area contributed by atoms with Crippen LogP contribution in [0.3, 0.4) is 0 Å². The molecule has 1 heterocycles. The van der Waals surface area contributed by atoms with E-state index in [9.17, 15) is 18.0 Å². The lowest BCUT2D eigenvalue weighted by Crippen LogP contribution is -2.49. The minimum atomic E-state index is -3.46. The van der Waals surface area contributed by atoms with Gasteiger partial charge >= 0.3 is 0 Å². The van der Waals surface area contributed by atoms with Gasteiger partial charge in [-0.05, 0) is 30.8 Å². The summed E-state index contributed by atoms with van der Waals surface area (Å²) >= 11 is 0. The number of piperazine rings is 1. The van der Waals surface area contributed by atoms with Crippen molar-refractivity contribution in [3.63, 3.8) is 0 Å². The Bertz CT molecular complexity index is 695. The molecule has 1 aromatic carbocycles. The number of carbonyl (C=O) groups is 2. The van der Waals surface area contributed by atoms with Crippen molar-refractivity contribution in [1.29, 1.82) is 0 Å². The van der Waals surface area contributed by atoms with Crippen LogP contribution >= 0.6 is 0 Å². The molecule has 1 aromatic rings. The molecule has 8 heteroatoms. The SMILES string of the molecule is CNS(=O)(=O)c1ccc(C=CC(=O)N2CCNC(=O)C2)cc1. The molecule has 1 fully saturated rings. The van der Waals surface area contributed by atoms with Crippen molar-refractivity contribution in [2.24, 2.45) is 0 Å². The Labute approximate surface area is 129 Å². The van der Waals surface area contributed by atoms with Gasteiger partial charge in [-0.1, -0.05) is 12.1 Å². The highest BCUT2D eigenvalue weighted by atomic mass is 32.2. The molecule has 0 bridgehead atoms. The van der Waals surface area contributed by atoms with Gasteiger partial charge in [0.25, 0.3) is 0 Å². The maximum atomic E-state index is 11.9. The number of nitrogens with zero attached hydrogens (tertiary/aromatic N) is 1. The quantitative estimate of drug-likeness (QED) is 0.735. The number of benzene rings is 1. The third-order valence-corrected chi connectivity index (χ3v) is 4.66. The van der Waals surface area contributed by atoms with Crippen molar-refractivity contribution in [3.05, 3.63) is 35.9 Å². The van der Waals surface area contributed by atoms with E-state index in [1.165, 1.54) is 30.2 Å². The zero-order valence-corrected chi connectivity index (χ0v) is 12.9. The molecule has 118 valence electrons. The minimum absolute atomic E-state index is 0.0581. The summed E-state index contributed by atoms with van der Waals surface area (Å²) in [5.41, 5.74) is 0.699. The zero-order valence-electron chi connectivity index (χ0n) is 12.1. The first kappa shape index (κ1) is 16.2. The minimum Gasteiger partial charge on any atom is -0.353 e. The molecule has 0 aliphatic carbocycles. The van der Waals surface area contributed by atoms with Crippen molar-refractivity contribution in [1.82, 2.24) is 14.9 Å². The van der Waals surface area contributed by atoms with Gasteiger partial charge in [0, 0.05) is 19.2 Å². The average molecular weight is 323 g/mol. The van der Waals surface area contributed by atoms with Crippen LogP contribution in [0.4, 0.5) is 0 Å². The lowest BCUT2D eigenvalue weighted by atomic mass is 10.2. The molecule has 2 rings (SSSR count). The Morgan fingerprint density at radius 3 is 2.59 bits per heavy atom. The Balaban J connectivity index is 2.04. The topological polar surface area (TPSA) is 95.6 Å². The highest BCUT2D eigenvalue weighted by Gasteiger charge is 2.18. The second-order valence-corrected chi connectivity index (χ2v) is 6.61. The van der Waals surface area contributed by atoms with E-state index in [-0.39, 0.29) is 23.3 Å². The van der Waals surface area contributed by atoms with Gasteiger partial charge < -0.3 is 10.2 Å². The maximum absolute atomic E-state index is 11.9. The summed E-state index contributed by atoms with van der Waals surface area (Å²) in [5.74, 6) is -0.420. The first-order chi connectivity index (χ1) is 10.4. The van der Waals surface area contributed by atoms with Crippen LogP contribution < -0.4 is 10.0 Å². The van der Waals surface area contributed by atoms with E-state index in [1.54, 1.807) is 18.2 Å². The molecule has 0 radical (unpaired) electrons. The lowest BCUT2D eigenvalue weighted by Gasteiger charge is -2.25. The number of amides is 2. The van der Waals surface area contributed by atoms with Crippen molar-refractivity contribution in [2.75, 3.05) is 26.7 Å². The van der Waals surface area contributed by atoms with Crippen molar-refractivity contribution in [2.45, 2.75) is 4.90 Å². The number of sulfonamides is 1. The smallest absolute Gasteiger partial charge is 0.247 e. The van der Waals surface area contributed by atoms with Gasteiger partial charge in [-0.25, -0.2) is 13.1 Å². The summed E-state index contributed by atoms with van der Waals surface area (Å²) < 4.78 is 25.4. The molecule has 0 aromatic heterocycles. The molecule has 2 amide bonds. The van der Waals surface area contributed by atoms with Crippen molar-refractivity contribution >= 4 is 27.9 Å². The van der Waals surface area contributed by atoms with Crippen molar-refractivity contribution < 1.29 is 18.0 Å². The number of hydrogen-bond acceptors (Lipinski definition) is 4. The van der Waals surface area contributed by atoms with Crippen LogP contribution in [0.2, 0.25) is 0 Å². The summed E-state index contributed by atoms with van der Waals surface area (Å²) in [6.45, 7) is 0.992. The van der Waals surface area contributed by atoms with E-state index in [0.717, 1.165) is 0 Å². The Hall–Kier alpha value is -2.19. The normalized spacial score (nSPS) is 15.9. The summed E-state index contributed by atoms with van der Waals surface area (Å²) in [5, 5.41) is 2.65. The van der Waals surface area contributed by atoms with Gasteiger partial charge in [-0.2, -0.15) is 0 Å². The first-order valence-corrected chi connectivity index (χ1v) is 8.18. The van der Waals surface area contributed by atoms with Crippen LogP contribution in [-0.4, -0.2) is 51.8 Å². The molecule has 0 spiro atoms. The second kappa shape index (κ2) is 6.71. The molecule has 1 saturated heterocycles. The molecule has 0 unspecified atom stereocenters. The van der Waals surface area contributed by atoms with Crippen LogP contribution in [0, 0.1) is 0 Å². The molecule has 7 nitrogen and oxygen atoms in total. The third-order valence-electron chi connectivity index (χ3n) is 3.23. The molecule has 0 saturated carbocycles. The lowest BCUT2D eigenvalue weighted by molar-refractivity contribution is -0.134. The predicted octanol–water partition coefficient (Wildman–Crippen LogP) is -0.434. The Morgan fingerprint density at radius 2 is 2.00 bits per heavy atom. The first-order valence-electron chi connectivity index (χ1n) is 6.70. The van der Waals surface area contributed by atoms with Crippen LogP contribution in [-0.2, 0) is 19.6 Å². The van der Waals surface area contributed by atoms with Gasteiger partial charge in [0.15, 0.2) is 0 Å². The number of carbonyl (C=O) groups excluding carboxylic acids is 2. The zero-order chi connectivity index (χ0) is 16.2. The van der Waals surface area contributed by atoms with Crippen LogP contribution in [0.1, 0.15) is 5.56 Å². The summed E-state index contributed by atoms with van der Waals surface area (Å²) in [7, 11) is -2.12. The fraction of sp³-hybridized carbons (Fsp3) is 0.286. The van der Waals surface area contributed by atoms with Crippen LogP contribution in [0.15, 0.2) is 35.2 Å². The highest BCUT2D eigenvalue weighted by Crippen LogP contribution is 2.11. The van der Waals surface area contributed by atoms with Crippen molar-refractivity contribution in [3.8, 4) is 0 Å². The van der Waals surface area contributed by atoms with E-state index < -0.39 is 10.0 Å². The third kappa shape index (κ3) is 3.92. The van der Waals surface area contributed by atoms with E-state index in [4.69, 9.17) is 0 Å². The largest absolute Gasteiger partial charge is 0.353 e. The second-order valence-electron chi connectivity index (χ2n) is 4.72. The molecular formula is C14H17N3O4S. The fourth-order valence-corrected chi connectivity index (χ4v) is 2.71. The summed E-state index contributed by atoms with van der Waals surface area (Å²) in [6.07, 6.45) is 2.96. The number of hydrogen-bond donors (Lipinski definition) is 2. The summed E-state index contributed by atoms with van der Waals surface area (Å²) in [6, 6.07) is 6.14. The maximum Gasteiger partial charge on any atom is 0.247 e. The van der Waals surface area contributed by atoms with E-state index in [0.29, 0.717) is 18.7 Å². The van der Waals surface area contributed by atoms with E-state index in [2.05, 4.69) is 10.0 Å². The molecule has 2 N–H and O–H groups in total. The monoisotopic (exact) mass is 323 g/mol. The van der Waals surface area contributed by atoms with Crippen LogP contribution in [0.25, 0.3) is 6.08 Å². The predicted molar refractivity (Wildman–Crippen MR) is 81.3 cm³/mol. The Morgan fingerprint density at radius 1 is 1.32 bits per heavy atom. The van der Waals surface area contributed by atoms with Gasteiger partial charge in [0.1, 0.15) is 0 Å². The standard InChI is InChI=1S/C14H17N3O4S/c1-15-22(20,21)12-5-2-11(3-6-12)4-7-14(19)17-9-8-16-13(18)10-17/h2-7,15H,8-10H2,1H3,(H,16,18). The van der Waals surface area contributed by atoms with Gasteiger partial charge in [-0.15, -0.1) is 0 Å². The van der Waals surface area contributed by atoms with E-state index >= 15 is 0 Å². The summed E-state index contributed by atoms with van der Waals surface area (Å²) in [4.78, 5) is 24.8. The van der Waals surface area contributed by atoms with Crippen LogP contribution in [0.5, 0.6) is 0 Å². The van der Waals surface area contributed by atoms with Gasteiger partial charge in [-0.3, -0.25) is 9.59 Å². The number of nitrogens with one attached hydrogen (secondary N) is 2. The highest BCUT2D eigenvalue weighted by molar-refractivity contribution is 7.89. The molecule has 1 aliphatic heterocycles. The molecular weight excluding hydrogens is 306 g/mol. The fourth-order valence-electron chi connectivity index (χ4n) is 1.98.